The van der Waals surface area contributed by atoms with Gasteiger partial charge in [-0.25, -0.2) is 4.98 Å². The van der Waals surface area contributed by atoms with Gasteiger partial charge in [0.15, 0.2) is 0 Å². The Balaban J connectivity index is 0.00000200. The van der Waals surface area contributed by atoms with Gasteiger partial charge in [0.25, 0.3) is 0 Å². The van der Waals surface area contributed by atoms with E-state index in [1.807, 2.05) is 44.2 Å². The van der Waals surface area contributed by atoms with Gasteiger partial charge in [0.2, 0.25) is 5.91 Å². The van der Waals surface area contributed by atoms with Crippen molar-refractivity contribution in [1.29, 1.82) is 0 Å². The summed E-state index contributed by atoms with van der Waals surface area (Å²) in [7, 11) is 3.91. The molecular weight excluding hydrogens is 311 g/mol. The zero-order chi connectivity index (χ0) is 13.8. The molecule has 5 nitrogen and oxygen atoms in total. The lowest BCUT2D eigenvalue weighted by Crippen LogP contribution is -2.49. The smallest absolute Gasteiger partial charge is 0.223 e. The lowest BCUT2D eigenvalue weighted by Gasteiger charge is -2.31. The largest absolute Gasteiger partial charge is 0.363 e. The van der Waals surface area contributed by atoms with E-state index in [1.165, 1.54) is 0 Å². The monoisotopic (exact) mass is 334 g/mol. The van der Waals surface area contributed by atoms with E-state index in [4.69, 9.17) is 0 Å². The number of nitrogens with one attached hydrogen (secondary N) is 2. The molecule has 1 aliphatic heterocycles. The molecule has 0 bridgehead atoms. The number of pyridine rings is 1. The number of rotatable bonds is 5. The van der Waals surface area contributed by atoms with Crippen LogP contribution in [0.3, 0.4) is 0 Å². The molecule has 0 aliphatic carbocycles. The molecule has 0 radical (unpaired) electrons. The quantitative estimate of drug-likeness (QED) is 0.856. The van der Waals surface area contributed by atoms with Gasteiger partial charge < -0.3 is 15.5 Å². The summed E-state index contributed by atoms with van der Waals surface area (Å²) in [6.07, 6.45) is 1.81. The third-order valence-corrected chi connectivity index (χ3v) is 3.67. The van der Waals surface area contributed by atoms with Crippen molar-refractivity contribution < 1.29 is 4.79 Å². The van der Waals surface area contributed by atoms with Gasteiger partial charge in [0.05, 0.1) is 0 Å². The highest BCUT2D eigenvalue weighted by Gasteiger charge is 2.28. The maximum atomic E-state index is 12.0. The molecule has 1 atom stereocenters. The summed E-state index contributed by atoms with van der Waals surface area (Å²) in [4.78, 5) is 18.2. The summed E-state index contributed by atoms with van der Waals surface area (Å²) < 4.78 is 0. The van der Waals surface area contributed by atoms with E-state index >= 15 is 0 Å². The molecule has 7 heteroatoms. The zero-order valence-corrected chi connectivity index (χ0v) is 14.3. The molecule has 2 heterocycles. The maximum Gasteiger partial charge on any atom is 0.223 e. The predicted molar refractivity (Wildman–Crippen MR) is 90.4 cm³/mol. The van der Waals surface area contributed by atoms with Gasteiger partial charge in [-0.2, -0.15) is 0 Å². The molecule has 1 aromatic heterocycles. The molecule has 1 aliphatic rings. The number of aromatic nitrogens is 1. The van der Waals surface area contributed by atoms with Crippen molar-refractivity contribution >= 4 is 36.5 Å². The highest BCUT2D eigenvalue weighted by molar-refractivity contribution is 5.85. The molecule has 21 heavy (non-hydrogen) atoms. The van der Waals surface area contributed by atoms with Crippen LogP contribution in [0.15, 0.2) is 18.3 Å². The Kier molecular flexibility index (Phi) is 8.63. The number of halogens is 2. The first-order valence-corrected chi connectivity index (χ1v) is 6.68. The van der Waals surface area contributed by atoms with E-state index < -0.39 is 0 Å². The molecule has 2 N–H and O–H groups in total. The Morgan fingerprint density at radius 1 is 1.43 bits per heavy atom. The van der Waals surface area contributed by atoms with Crippen LogP contribution in [-0.4, -0.2) is 38.1 Å². The summed E-state index contributed by atoms with van der Waals surface area (Å²) in [6.45, 7) is 4.44. The van der Waals surface area contributed by atoms with Crippen molar-refractivity contribution in [3.05, 3.63) is 23.9 Å². The Morgan fingerprint density at radius 2 is 2.10 bits per heavy atom. The first-order valence-electron chi connectivity index (χ1n) is 6.68. The lowest BCUT2D eigenvalue weighted by atomic mass is 9.88. The minimum absolute atomic E-state index is 0. The number of carbonyl (C=O) groups is 1. The van der Waals surface area contributed by atoms with Crippen molar-refractivity contribution in [2.45, 2.75) is 13.5 Å². The minimum atomic E-state index is 0. The molecule has 0 spiro atoms. The average Bonchev–Trinajstić information content (AvgIpc) is 2.34. The average molecular weight is 335 g/mol. The number of hydrogen-bond acceptors (Lipinski definition) is 4. The molecule has 1 aromatic rings. The Bertz CT molecular complexity index is 435. The van der Waals surface area contributed by atoms with Crippen LogP contribution in [-0.2, 0) is 11.3 Å². The zero-order valence-electron chi connectivity index (χ0n) is 12.6. The van der Waals surface area contributed by atoms with Gasteiger partial charge in [-0.1, -0.05) is 13.0 Å². The van der Waals surface area contributed by atoms with Crippen LogP contribution in [0.25, 0.3) is 0 Å². The molecule has 1 saturated heterocycles. The maximum absolute atomic E-state index is 12.0. The van der Waals surface area contributed by atoms with E-state index in [0.717, 1.165) is 24.5 Å². The molecule has 2 rings (SSSR count). The van der Waals surface area contributed by atoms with E-state index in [1.54, 1.807) is 0 Å². The van der Waals surface area contributed by atoms with Crippen molar-refractivity contribution in [2.75, 3.05) is 32.1 Å². The summed E-state index contributed by atoms with van der Waals surface area (Å²) in [5, 5.41) is 6.17. The first-order chi connectivity index (χ1) is 9.08. The van der Waals surface area contributed by atoms with Gasteiger partial charge in [0.1, 0.15) is 5.82 Å². The van der Waals surface area contributed by atoms with Gasteiger partial charge in [-0.3, -0.25) is 4.79 Å². The fraction of sp³-hybridized carbons (Fsp3) is 0.571. The van der Waals surface area contributed by atoms with Crippen LogP contribution < -0.4 is 15.5 Å². The molecule has 120 valence electrons. The number of hydrogen-bond donors (Lipinski definition) is 2. The van der Waals surface area contributed by atoms with Gasteiger partial charge in [-0.05, 0) is 30.6 Å². The lowest BCUT2D eigenvalue weighted by molar-refractivity contribution is -0.126. The van der Waals surface area contributed by atoms with Crippen LogP contribution in [0.1, 0.15) is 12.5 Å². The molecule has 0 aromatic carbocycles. The fourth-order valence-corrected chi connectivity index (χ4v) is 2.01. The Morgan fingerprint density at radius 3 is 2.52 bits per heavy atom. The van der Waals surface area contributed by atoms with Gasteiger partial charge in [0, 0.05) is 32.8 Å². The SMILES string of the molecule is CC(C(=O)NCc1ccc(N(C)C)nc1)C1CNC1.Cl.Cl. The number of carbonyl (C=O) groups excluding carboxylic acids is 1. The van der Waals surface area contributed by atoms with Crippen LogP contribution in [0.4, 0.5) is 5.82 Å². The normalized spacial score (nSPS) is 15.0. The second-order valence-electron chi connectivity index (χ2n) is 5.34. The van der Waals surface area contributed by atoms with Crippen LogP contribution >= 0.6 is 24.8 Å². The number of amides is 1. The topological polar surface area (TPSA) is 57.3 Å². The summed E-state index contributed by atoms with van der Waals surface area (Å²) in [6, 6.07) is 3.96. The molecular formula is C14H24Cl2N4O. The minimum Gasteiger partial charge on any atom is -0.363 e. The van der Waals surface area contributed by atoms with E-state index in [9.17, 15) is 4.79 Å². The molecule has 1 amide bonds. The first kappa shape index (κ1) is 20.0. The third kappa shape index (κ3) is 5.34. The highest BCUT2D eigenvalue weighted by Crippen LogP contribution is 2.16. The summed E-state index contributed by atoms with van der Waals surface area (Å²) >= 11 is 0. The summed E-state index contributed by atoms with van der Waals surface area (Å²) in [5.41, 5.74) is 1.03. The molecule has 1 unspecified atom stereocenters. The predicted octanol–water partition coefficient (Wildman–Crippen LogP) is 1.46. The second-order valence-corrected chi connectivity index (χ2v) is 5.34. The van der Waals surface area contributed by atoms with Crippen LogP contribution in [0.5, 0.6) is 0 Å². The standard InChI is InChI=1S/C14H22N4O.2ClH/c1-10(12-8-15-9-12)14(19)17-7-11-4-5-13(16-6-11)18(2)3;;/h4-6,10,12,15H,7-9H2,1-3H3,(H,17,19);2*1H. The fourth-order valence-electron chi connectivity index (χ4n) is 2.01. The molecule has 0 saturated carbocycles. The van der Waals surface area contributed by atoms with Gasteiger partial charge >= 0.3 is 0 Å². The Hall–Kier alpha value is -1.04. The number of nitrogens with zero attached hydrogens (tertiary/aromatic N) is 2. The third-order valence-electron chi connectivity index (χ3n) is 3.67. The molecule has 1 fully saturated rings. The van der Waals surface area contributed by atoms with Crippen LogP contribution in [0, 0.1) is 11.8 Å². The van der Waals surface area contributed by atoms with Crippen molar-refractivity contribution in [3.8, 4) is 0 Å². The Labute approximate surface area is 138 Å². The van der Waals surface area contributed by atoms with E-state index in [0.29, 0.717) is 12.5 Å². The summed E-state index contributed by atoms with van der Waals surface area (Å²) in [5.74, 6) is 1.61. The van der Waals surface area contributed by atoms with Crippen molar-refractivity contribution in [2.24, 2.45) is 11.8 Å². The van der Waals surface area contributed by atoms with Gasteiger partial charge in [-0.15, -0.1) is 24.8 Å². The van der Waals surface area contributed by atoms with Crippen LogP contribution in [0.2, 0.25) is 0 Å². The second kappa shape index (κ2) is 9.07. The van der Waals surface area contributed by atoms with E-state index in [-0.39, 0.29) is 36.6 Å². The van der Waals surface area contributed by atoms with Crippen molar-refractivity contribution in [3.63, 3.8) is 0 Å². The van der Waals surface area contributed by atoms with E-state index in [2.05, 4.69) is 15.6 Å². The highest BCUT2D eigenvalue weighted by atomic mass is 35.5. The van der Waals surface area contributed by atoms with Crippen molar-refractivity contribution in [1.82, 2.24) is 15.6 Å². The number of anilines is 1.